The highest BCUT2D eigenvalue weighted by Crippen LogP contribution is 2.41. The summed E-state index contributed by atoms with van der Waals surface area (Å²) in [5.41, 5.74) is 0. The molecule has 0 heterocycles. The van der Waals surface area contributed by atoms with Crippen molar-refractivity contribution in [3.8, 4) is 0 Å². The molecule has 2 aliphatic rings. The first-order chi connectivity index (χ1) is 8.16. The van der Waals surface area contributed by atoms with Gasteiger partial charge in [0, 0.05) is 10.5 Å². The summed E-state index contributed by atoms with van der Waals surface area (Å²) in [6.07, 6.45) is 9.78. The van der Waals surface area contributed by atoms with E-state index in [2.05, 4.69) is 6.92 Å². The number of hydrogen-bond acceptors (Lipinski definition) is 2. The molecule has 0 bridgehead atoms. The van der Waals surface area contributed by atoms with Crippen molar-refractivity contribution in [2.45, 2.75) is 68.8 Å². The fraction of sp³-hybridized carbons (Fsp3) is 0.929. The Morgan fingerprint density at radius 3 is 2.47 bits per heavy atom. The normalized spacial score (nSPS) is 35.7. The Balaban J connectivity index is 1.92. The van der Waals surface area contributed by atoms with Crippen LogP contribution in [0.25, 0.3) is 0 Å². The number of carboxylic acids is 1. The van der Waals surface area contributed by atoms with Crippen molar-refractivity contribution >= 4 is 17.7 Å². The number of carboxylic acid groups (broad SMARTS) is 1. The van der Waals surface area contributed by atoms with Gasteiger partial charge in [-0.3, -0.25) is 4.79 Å². The molecule has 2 rings (SSSR count). The SMILES string of the molecule is CC1CCC(C(=O)O)C(SC2CCCCC2)C1. The lowest BCUT2D eigenvalue weighted by Gasteiger charge is -2.35. The van der Waals surface area contributed by atoms with Gasteiger partial charge in [-0.2, -0.15) is 11.8 Å². The van der Waals surface area contributed by atoms with Crippen LogP contribution < -0.4 is 0 Å². The average Bonchev–Trinajstić information content (AvgIpc) is 2.30. The molecular formula is C14H24O2S. The summed E-state index contributed by atoms with van der Waals surface area (Å²) < 4.78 is 0. The van der Waals surface area contributed by atoms with Gasteiger partial charge >= 0.3 is 5.97 Å². The molecule has 2 nitrogen and oxygen atoms in total. The van der Waals surface area contributed by atoms with Gasteiger partial charge in [-0.05, 0) is 38.0 Å². The molecule has 0 saturated heterocycles. The highest BCUT2D eigenvalue weighted by molar-refractivity contribution is 8.00. The molecule has 3 atom stereocenters. The molecular weight excluding hydrogens is 232 g/mol. The number of rotatable bonds is 3. The summed E-state index contributed by atoms with van der Waals surface area (Å²) in [5.74, 6) is 0.0648. The van der Waals surface area contributed by atoms with Gasteiger partial charge in [0.2, 0.25) is 0 Å². The van der Waals surface area contributed by atoms with E-state index >= 15 is 0 Å². The van der Waals surface area contributed by atoms with E-state index in [-0.39, 0.29) is 5.92 Å². The van der Waals surface area contributed by atoms with Crippen LogP contribution in [0.1, 0.15) is 58.3 Å². The van der Waals surface area contributed by atoms with Crippen LogP contribution in [-0.2, 0) is 4.79 Å². The van der Waals surface area contributed by atoms with E-state index in [0.29, 0.717) is 11.2 Å². The van der Waals surface area contributed by atoms with Crippen LogP contribution in [0.15, 0.2) is 0 Å². The van der Waals surface area contributed by atoms with Crippen LogP contribution in [0.5, 0.6) is 0 Å². The van der Waals surface area contributed by atoms with Gasteiger partial charge in [0.1, 0.15) is 0 Å². The molecule has 98 valence electrons. The van der Waals surface area contributed by atoms with Gasteiger partial charge in [-0.25, -0.2) is 0 Å². The first-order valence-electron chi connectivity index (χ1n) is 7.05. The van der Waals surface area contributed by atoms with Gasteiger partial charge in [0.25, 0.3) is 0 Å². The van der Waals surface area contributed by atoms with Gasteiger partial charge < -0.3 is 5.11 Å². The minimum absolute atomic E-state index is 0.0851. The fourth-order valence-corrected chi connectivity index (χ4v) is 5.19. The topological polar surface area (TPSA) is 37.3 Å². The van der Waals surface area contributed by atoms with Crippen molar-refractivity contribution in [2.75, 3.05) is 0 Å². The lowest BCUT2D eigenvalue weighted by atomic mass is 9.82. The van der Waals surface area contributed by atoms with E-state index in [4.69, 9.17) is 0 Å². The minimum Gasteiger partial charge on any atom is -0.481 e. The summed E-state index contributed by atoms with van der Waals surface area (Å²) in [7, 11) is 0. The van der Waals surface area contributed by atoms with Crippen LogP contribution in [-0.4, -0.2) is 21.6 Å². The molecule has 2 fully saturated rings. The molecule has 0 aliphatic heterocycles. The summed E-state index contributed by atoms with van der Waals surface area (Å²) >= 11 is 2.00. The van der Waals surface area contributed by atoms with Crippen molar-refractivity contribution in [2.24, 2.45) is 11.8 Å². The van der Waals surface area contributed by atoms with Gasteiger partial charge in [0.05, 0.1) is 5.92 Å². The van der Waals surface area contributed by atoms with E-state index in [1.165, 1.54) is 32.1 Å². The maximum atomic E-state index is 11.3. The molecule has 1 N–H and O–H groups in total. The smallest absolute Gasteiger partial charge is 0.307 e. The van der Waals surface area contributed by atoms with Crippen molar-refractivity contribution in [3.05, 3.63) is 0 Å². The fourth-order valence-electron chi connectivity index (χ4n) is 3.21. The third kappa shape index (κ3) is 3.64. The van der Waals surface area contributed by atoms with E-state index in [0.717, 1.165) is 24.5 Å². The molecule has 0 aromatic heterocycles. The van der Waals surface area contributed by atoms with Gasteiger partial charge in [-0.15, -0.1) is 0 Å². The largest absolute Gasteiger partial charge is 0.481 e. The van der Waals surface area contributed by atoms with Crippen molar-refractivity contribution in [1.29, 1.82) is 0 Å². The predicted molar refractivity (Wildman–Crippen MR) is 72.4 cm³/mol. The molecule has 3 heteroatoms. The van der Waals surface area contributed by atoms with Crippen molar-refractivity contribution < 1.29 is 9.90 Å². The standard InChI is InChI=1S/C14H24O2S/c1-10-7-8-12(14(15)16)13(9-10)17-11-5-3-2-4-6-11/h10-13H,2-9H2,1H3,(H,15,16). The van der Waals surface area contributed by atoms with E-state index in [1.807, 2.05) is 11.8 Å². The van der Waals surface area contributed by atoms with Crippen LogP contribution >= 0.6 is 11.8 Å². The summed E-state index contributed by atoms with van der Waals surface area (Å²) in [5, 5.41) is 10.4. The second-order valence-electron chi connectivity index (χ2n) is 5.80. The zero-order valence-corrected chi connectivity index (χ0v) is 11.5. The van der Waals surface area contributed by atoms with Crippen LogP contribution in [0, 0.1) is 11.8 Å². The summed E-state index contributed by atoms with van der Waals surface area (Å²) in [6, 6.07) is 0. The third-order valence-electron chi connectivity index (χ3n) is 4.29. The Bertz CT molecular complexity index is 261. The third-order valence-corrected chi connectivity index (χ3v) is 6.02. The summed E-state index contributed by atoms with van der Waals surface area (Å²) in [4.78, 5) is 11.3. The molecule has 0 spiro atoms. The molecule has 0 radical (unpaired) electrons. The second kappa shape index (κ2) is 6.12. The van der Waals surface area contributed by atoms with Crippen molar-refractivity contribution in [1.82, 2.24) is 0 Å². The Morgan fingerprint density at radius 1 is 1.12 bits per heavy atom. The lowest BCUT2D eigenvalue weighted by molar-refractivity contribution is -0.142. The van der Waals surface area contributed by atoms with E-state index < -0.39 is 5.97 Å². The minimum atomic E-state index is -0.565. The van der Waals surface area contributed by atoms with Gasteiger partial charge in [0.15, 0.2) is 0 Å². The first-order valence-corrected chi connectivity index (χ1v) is 7.99. The Morgan fingerprint density at radius 2 is 1.82 bits per heavy atom. The van der Waals surface area contributed by atoms with E-state index in [1.54, 1.807) is 0 Å². The molecule has 0 amide bonds. The maximum Gasteiger partial charge on any atom is 0.307 e. The maximum absolute atomic E-state index is 11.3. The summed E-state index contributed by atoms with van der Waals surface area (Å²) in [6.45, 7) is 2.27. The first kappa shape index (κ1) is 13.3. The number of hydrogen-bond donors (Lipinski definition) is 1. The lowest BCUT2D eigenvalue weighted by Crippen LogP contribution is -2.33. The Kier molecular flexibility index (Phi) is 4.78. The zero-order valence-electron chi connectivity index (χ0n) is 10.7. The number of thioether (sulfide) groups is 1. The molecule has 2 aliphatic carbocycles. The highest BCUT2D eigenvalue weighted by atomic mass is 32.2. The van der Waals surface area contributed by atoms with E-state index in [9.17, 15) is 9.90 Å². The molecule has 0 aromatic carbocycles. The molecule has 3 unspecified atom stereocenters. The molecule has 2 saturated carbocycles. The predicted octanol–water partition coefficient (Wildman–Crippen LogP) is 3.94. The van der Waals surface area contributed by atoms with Crippen LogP contribution in [0.3, 0.4) is 0 Å². The van der Waals surface area contributed by atoms with Gasteiger partial charge in [-0.1, -0.05) is 26.2 Å². The monoisotopic (exact) mass is 256 g/mol. The Labute approximate surface area is 109 Å². The Hall–Kier alpha value is -0.180. The number of carbonyl (C=O) groups is 1. The highest BCUT2D eigenvalue weighted by Gasteiger charge is 2.35. The molecule has 0 aromatic rings. The zero-order chi connectivity index (χ0) is 12.3. The van der Waals surface area contributed by atoms with Crippen LogP contribution in [0.4, 0.5) is 0 Å². The van der Waals surface area contributed by atoms with Crippen LogP contribution in [0.2, 0.25) is 0 Å². The van der Waals surface area contributed by atoms with Crippen molar-refractivity contribution in [3.63, 3.8) is 0 Å². The quantitative estimate of drug-likeness (QED) is 0.831. The second-order valence-corrected chi connectivity index (χ2v) is 7.34. The average molecular weight is 256 g/mol. The number of aliphatic carboxylic acids is 1. The molecule has 17 heavy (non-hydrogen) atoms.